The summed E-state index contributed by atoms with van der Waals surface area (Å²) in [6, 6.07) is 16.2. The van der Waals surface area contributed by atoms with Gasteiger partial charge in [-0.2, -0.15) is 0 Å². The number of ether oxygens (including phenoxy) is 2. The predicted octanol–water partition coefficient (Wildman–Crippen LogP) is 3.57. The molecule has 0 radical (unpaired) electrons. The molecule has 226 valence electrons. The molecule has 0 unspecified atom stereocenters. The molecule has 9 heteroatoms. The van der Waals surface area contributed by atoms with Crippen LogP contribution in [0.3, 0.4) is 0 Å². The third-order valence-electron chi connectivity index (χ3n) is 8.17. The molecule has 1 aliphatic carbocycles. The van der Waals surface area contributed by atoms with Crippen molar-refractivity contribution in [1.29, 1.82) is 0 Å². The van der Waals surface area contributed by atoms with Crippen molar-refractivity contribution in [2.45, 2.75) is 76.6 Å². The highest BCUT2D eigenvalue weighted by Crippen LogP contribution is 2.43. The van der Waals surface area contributed by atoms with Gasteiger partial charge in [0.1, 0.15) is 11.8 Å². The van der Waals surface area contributed by atoms with Crippen molar-refractivity contribution < 1.29 is 23.9 Å². The lowest BCUT2D eigenvalue weighted by Crippen LogP contribution is -2.58. The van der Waals surface area contributed by atoms with Crippen molar-refractivity contribution in [3.05, 3.63) is 71.3 Å². The SMILES string of the molecule is CCN(CC1=C(c2ccc(OC)cc2)C(=O)NC12CCCCC2)C(=O)[C@@H](COCc1ccccc1)NC(=O)C(C)(C)N. The highest BCUT2D eigenvalue weighted by molar-refractivity contribution is 6.24. The monoisotopic (exact) mass is 576 g/mol. The van der Waals surface area contributed by atoms with Gasteiger partial charge in [-0.1, -0.05) is 61.7 Å². The van der Waals surface area contributed by atoms with Gasteiger partial charge in [0.2, 0.25) is 11.8 Å². The van der Waals surface area contributed by atoms with E-state index in [1.165, 1.54) is 0 Å². The van der Waals surface area contributed by atoms with Crippen molar-refractivity contribution in [2.75, 3.05) is 26.8 Å². The number of hydrogen-bond acceptors (Lipinski definition) is 6. The van der Waals surface area contributed by atoms with Gasteiger partial charge in [0.25, 0.3) is 5.91 Å². The first-order valence-electron chi connectivity index (χ1n) is 14.8. The number of methoxy groups -OCH3 is 1. The van der Waals surface area contributed by atoms with Gasteiger partial charge < -0.3 is 30.7 Å². The smallest absolute Gasteiger partial charge is 0.252 e. The van der Waals surface area contributed by atoms with Crippen molar-refractivity contribution in [3.63, 3.8) is 0 Å². The number of likely N-dealkylation sites (N-methyl/N-ethyl adjacent to an activating group) is 1. The van der Waals surface area contributed by atoms with Crippen molar-refractivity contribution in [1.82, 2.24) is 15.5 Å². The van der Waals surface area contributed by atoms with Crippen LogP contribution in [0.15, 0.2) is 60.2 Å². The second-order valence-corrected chi connectivity index (χ2v) is 11.8. The van der Waals surface area contributed by atoms with Gasteiger partial charge in [-0.25, -0.2) is 0 Å². The summed E-state index contributed by atoms with van der Waals surface area (Å²) in [5, 5.41) is 6.13. The van der Waals surface area contributed by atoms with Crippen LogP contribution in [-0.4, -0.2) is 66.5 Å². The number of carbonyl (C=O) groups excluding carboxylic acids is 3. The number of benzene rings is 2. The molecule has 0 bridgehead atoms. The normalized spacial score (nSPS) is 17.1. The van der Waals surface area contributed by atoms with Crippen LogP contribution in [0.4, 0.5) is 0 Å². The Labute approximate surface area is 248 Å². The lowest BCUT2D eigenvalue weighted by Gasteiger charge is -2.38. The molecule has 1 saturated carbocycles. The van der Waals surface area contributed by atoms with Gasteiger partial charge in [0.05, 0.1) is 31.4 Å². The molecule has 1 spiro atoms. The number of nitrogens with one attached hydrogen (secondary N) is 2. The largest absolute Gasteiger partial charge is 0.497 e. The van der Waals surface area contributed by atoms with Crippen LogP contribution in [0.5, 0.6) is 5.75 Å². The lowest BCUT2D eigenvalue weighted by atomic mass is 9.76. The Morgan fingerprint density at radius 1 is 1.07 bits per heavy atom. The first-order valence-corrected chi connectivity index (χ1v) is 14.8. The second-order valence-electron chi connectivity index (χ2n) is 11.8. The van der Waals surface area contributed by atoms with Gasteiger partial charge >= 0.3 is 0 Å². The number of amides is 3. The van der Waals surface area contributed by atoms with Gasteiger partial charge in [-0.15, -0.1) is 0 Å². The zero-order valence-electron chi connectivity index (χ0n) is 25.2. The second kappa shape index (κ2) is 13.5. The maximum absolute atomic E-state index is 14.1. The molecule has 1 fully saturated rings. The molecule has 2 aliphatic rings. The Balaban J connectivity index is 1.64. The van der Waals surface area contributed by atoms with Crippen molar-refractivity contribution in [2.24, 2.45) is 5.73 Å². The molecule has 4 N–H and O–H groups in total. The van der Waals surface area contributed by atoms with Crippen molar-refractivity contribution in [3.8, 4) is 5.75 Å². The highest BCUT2D eigenvalue weighted by atomic mass is 16.5. The van der Waals surface area contributed by atoms with E-state index in [2.05, 4.69) is 10.6 Å². The number of nitrogens with zero attached hydrogens (tertiary/aromatic N) is 1. The fourth-order valence-electron chi connectivity index (χ4n) is 5.75. The van der Waals surface area contributed by atoms with E-state index in [1.54, 1.807) is 25.9 Å². The minimum Gasteiger partial charge on any atom is -0.497 e. The fraction of sp³-hybridized carbons (Fsp3) is 0.485. The summed E-state index contributed by atoms with van der Waals surface area (Å²) >= 11 is 0. The van der Waals surface area contributed by atoms with E-state index in [4.69, 9.17) is 15.2 Å². The number of nitrogens with two attached hydrogens (primary N) is 1. The Morgan fingerprint density at radius 2 is 1.74 bits per heavy atom. The van der Waals surface area contributed by atoms with Crippen LogP contribution < -0.4 is 21.1 Å². The van der Waals surface area contributed by atoms with Gasteiger partial charge in [-0.3, -0.25) is 14.4 Å². The Bertz CT molecular complexity index is 1280. The summed E-state index contributed by atoms with van der Waals surface area (Å²) in [5.41, 5.74) is 7.66. The van der Waals surface area contributed by atoms with Crippen LogP contribution >= 0.6 is 0 Å². The molecule has 4 rings (SSSR count). The van der Waals surface area contributed by atoms with Crippen molar-refractivity contribution >= 4 is 23.3 Å². The Kier molecular flexibility index (Phi) is 10.1. The average Bonchev–Trinajstić information content (AvgIpc) is 3.24. The zero-order chi connectivity index (χ0) is 30.3. The molecular weight excluding hydrogens is 532 g/mol. The summed E-state index contributed by atoms with van der Waals surface area (Å²) in [5.74, 6) is -0.148. The molecule has 2 aromatic rings. The summed E-state index contributed by atoms with van der Waals surface area (Å²) in [7, 11) is 1.61. The third-order valence-corrected chi connectivity index (χ3v) is 8.17. The van der Waals surface area contributed by atoms with Gasteiger partial charge in [0, 0.05) is 18.7 Å². The van der Waals surface area contributed by atoms with E-state index in [0.29, 0.717) is 24.5 Å². The quantitative estimate of drug-likeness (QED) is 0.355. The number of rotatable bonds is 12. The van der Waals surface area contributed by atoms with Crippen LogP contribution in [0.1, 0.15) is 64.0 Å². The topological polar surface area (TPSA) is 123 Å². The van der Waals surface area contributed by atoms with E-state index < -0.39 is 23.0 Å². The maximum atomic E-state index is 14.1. The first kappa shape index (κ1) is 31.3. The first-order chi connectivity index (χ1) is 20.1. The molecular formula is C33H44N4O5. The van der Waals surface area contributed by atoms with E-state index in [-0.39, 0.29) is 25.0 Å². The standard InChI is InChI=1S/C33H44N4O5/c1-5-37(30(39)27(35-31(40)32(2,3)34)22-42-21-23-12-8-6-9-13-23)20-26-28(24-14-16-25(41-4)17-15-24)29(38)36-33(26)18-10-7-11-19-33/h6,8-9,12-17,27H,5,7,10-11,18-22,34H2,1-4H3,(H,35,40)(H,36,38)/t27-/m1/s1. The van der Waals surface area contributed by atoms with E-state index >= 15 is 0 Å². The van der Waals surface area contributed by atoms with Gasteiger partial charge in [-0.05, 0) is 62.4 Å². The van der Waals surface area contributed by atoms with E-state index in [1.807, 2.05) is 61.5 Å². The number of hydrogen-bond donors (Lipinski definition) is 3. The minimum absolute atomic E-state index is 0.0151. The molecule has 1 heterocycles. The molecule has 1 aliphatic heterocycles. The summed E-state index contributed by atoms with van der Waals surface area (Å²) < 4.78 is 11.3. The fourth-order valence-corrected chi connectivity index (χ4v) is 5.75. The molecule has 3 amide bonds. The Morgan fingerprint density at radius 3 is 2.33 bits per heavy atom. The zero-order valence-corrected chi connectivity index (χ0v) is 25.2. The maximum Gasteiger partial charge on any atom is 0.252 e. The van der Waals surface area contributed by atoms with Crippen LogP contribution in [0.25, 0.3) is 5.57 Å². The molecule has 9 nitrogen and oxygen atoms in total. The molecule has 0 saturated heterocycles. The van der Waals surface area contributed by atoms with Crippen LogP contribution in [0, 0.1) is 0 Å². The summed E-state index contributed by atoms with van der Waals surface area (Å²) in [6.07, 6.45) is 4.75. The Hall–Kier alpha value is -3.69. The summed E-state index contributed by atoms with van der Waals surface area (Å²) in [6.45, 7) is 6.03. The van der Waals surface area contributed by atoms with Crippen LogP contribution in [-0.2, 0) is 25.7 Å². The molecule has 1 atom stereocenters. The van der Waals surface area contributed by atoms with E-state index in [9.17, 15) is 14.4 Å². The molecule has 42 heavy (non-hydrogen) atoms. The highest BCUT2D eigenvalue weighted by Gasteiger charge is 2.46. The molecule has 2 aromatic carbocycles. The average molecular weight is 577 g/mol. The lowest BCUT2D eigenvalue weighted by molar-refractivity contribution is -0.139. The number of carbonyl (C=O) groups is 3. The molecule has 0 aromatic heterocycles. The third kappa shape index (κ3) is 7.20. The van der Waals surface area contributed by atoms with Crippen LogP contribution in [0.2, 0.25) is 0 Å². The van der Waals surface area contributed by atoms with Gasteiger partial charge in [0.15, 0.2) is 0 Å². The van der Waals surface area contributed by atoms with E-state index in [0.717, 1.165) is 48.8 Å². The summed E-state index contributed by atoms with van der Waals surface area (Å²) in [4.78, 5) is 42.2. The minimum atomic E-state index is -1.17. The predicted molar refractivity (Wildman–Crippen MR) is 162 cm³/mol.